The Labute approximate surface area is 169 Å². The van der Waals surface area contributed by atoms with E-state index in [9.17, 15) is 21.6 Å². The predicted octanol–water partition coefficient (Wildman–Crippen LogP) is 2.23. The molecular formula is C18H27F3N4O3S. The number of nitrogens with one attached hydrogen (secondary N) is 2. The number of methoxy groups -OCH3 is 1. The predicted molar refractivity (Wildman–Crippen MR) is 105 cm³/mol. The van der Waals surface area contributed by atoms with E-state index in [0.29, 0.717) is 36.2 Å². The fourth-order valence-corrected chi connectivity index (χ4v) is 4.12. The maximum absolute atomic E-state index is 12.6. The number of aliphatic imine (C=N–C) groups is 1. The van der Waals surface area contributed by atoms with Crippen molar-refractivity contribution in [2.24, 2.45) is 10.9 Å². The van der Waals surface area contributed by atoms with E-state index in [1.54, 1.807) is 14.2 Å². The summed E-state index contributed by atoms with van der Waals surface area (Å²) in [6.07, 6.45) is 0.705. The van der Waals surface area contributed by atoms with Crippen LogP contribution in [0.15, 0.2) is 23.2 Å². The van der Waals surface area contributed by atoms with Crippen LogP contribution in [0.2, 0.25) is 0 Å². The number of halogens is 3. The standard InChI is InChI=1S/C18H27F3N4O3S/c1-13-4-5-15(16(10-13)28-3)12-24-17(22-2)23-11-14-6-8-25(9-7-14)29(26,27)18(19,20)21/h4-5,10,14H,6-9,11-12H2,1-3H3,(H2,22,23,24). The smallest absolute Gasteiger partial charge is 0.496 e. The average Bonchev–Trinajstić information content (AvgIpc) is 2.68. The highest BCUT2D eigenvalue weighted by molar-refractivity contribution is 7.90. The number of hydrogen-bond donors (Lipinski definition) is 2. The second kappa shape index (κ2) is 9.66. The van der Waals surface area contributed by atoms with E-state index in [-0.39, 0.29) is 19.0 Å². The molecule has 164 valence electrons. The molecule has 2 rings (SSSR count). The van der Waals surface area contributed by atoms with E-state index in [0.717, 1.165) is 16.9 Å². The summed E-state index contributed by atoms with van der Waals surface area (Å²) < 4.78 is 66.7. The van der Waals surface area contributed by atoms with Gasteiger partial charge in [0.1, 0.15) is 5.75 Å². The number of ether oxygens (including phenoxy) is 1. The second-order valence-electron chi connectivity index (χ2n) is 6.92. The fraction of sp³-hybridized carbons (Fsp3) is 0.611. The lowest BCUT2D eigenvalue weighted by Gasteiger charge is -2.31. The van der Waals surface area contributed by atoms with Crippen molar-refractivity contribution in [2.45, 2.75) is 31.8 Å². The van der Waals surface area contributed by atoms with Crippen molar-refractivity contribution in [1.29, 1.82) is 0 Å². The largest absolute Gasteiger partial charge is 0.511 e. The highest BCUT2D eigenvalue weighted by Crippen LogP contribution is 2.30. The summed E-state index contributed by atoms with van der Waals surface area (Å²) in [6.45, 7) is 2.68. The van der Waals surface area contributed by atoms with Crippen molar-refractivity contribution in [3.63, 3.8) is 0 Å². The molecule has 29 heavy (non-hydrogen) atoms. The van der Waals surface area contributed by atoms with Gasteiger partial charge in [0, 0.05) is 38.8 Å². The molecule has 0 amide bonds. The van der Waals surface area contributed by atoms with Gasteiger partial charge in [0.25, 0.3) is 0 Å². The molecule has 1 aliphatic rings. The minimum Gasteiger partial charge on any atom is -0.496 e. The maximum Gasteiger partial charge on any atom is 0.511 e. The summed E-state index contributed by atoms with van der Waals surface area (Å²) in [7, 11) is -2.01. The molecule has 1 aromatic carbocycles. The van der Waals surface area contributed by atoms with E-state index in [2.05, 4.69) is 15.6 Å². The van der Waals surface area contributed by atoms with Gasteiger partial charge in [-0.15, -0.1) is 0 Å². The third kappa shape index (κ3) is 5.99. The second-order valence-corrected chi connectivity index (χ2v) is 8.84. The molecule has 0 unspecified atom stereocenters. The number of hydrogen-bond acceptors (Lipinski definition) is 4. The average molecular weight is 437 g/mol. The molecule has 1 heterocycles. The molecule has 1 saturated heterocycles. The van der Waals surface area contributed by atoms with Crippen molar-refractivity contribution in [3.05, 3.63) is 29.3 Å². The fourth-order valence-electron chi connectivity index (χ4n) is 3.14. The Morgan fingerprint density at radius 3 is 2.48 bits per heavy atom. The molecule has 0 atom stereocenters. The first-order chi connectivity index (χ1) is 13.6. The van der Waals surface area contributed by atoms with Crippen LogP contribution in [0.5, 0.6) is 5.75 Å². The normalized spacial score (nSPS) is 17.2. The molecule has 0 saturated carbocycles. The number of piperidine rings is 1. The lowest BCUT2D eigenvalue weighted by Crippen LogP contribution is -2.47. The molecular weight excluding hydrogens is 409 g/mol. The Morgan fingerprint density at radius 1 is 1.28 bits per heavy atom. The van der Waals surface area contributed by atoms with Gasteiger partial charge < -0.3 is 15.4 Å². The summed E-state index contributed by atoms with van der Waals surface area (Å²) in [5, 5.41) is 6.33. The molecule has 2 N–H and O–H groups in total. The van der Waals surface area contributed by atoms with Crippen LogP contribution >= 0.6 is 0 Å². The third-order valence-corrected chi connectivity index (χ3v) is 6.51. The lowest BCUT2D eigenvalue weighted by atomic mass is 9.98. The van der Waals surface area contributed by atoms with Gasteiger partial charge in [0.05, 0.1) is 7.11 Å². The molecule has 0 bridgehead atoms. The van der Waals surface area contributed by atoms with Gasteiger partial charge in [-0.1, -0.05) is 12.1 Å². The summed E-state index contributed by atoms with van der Waals surface area (Å²) in [4.78, 5) is 4.15. The first kappa shape index (κ1) is 23.3. The van der Waals surface area contributed by atoms with Gasteiger partial charge in [-0.3, -0.25) is 4.99 Å². The highest BCUT2D eigenvalue weighted by atomic mass is 32.2. The van der Waals surface area contributed by atoms with Crippen LogP contribution in [0.4, 0.5) is 13.2 Å². The summed E-state index contributed by atoms with van der Waals surface area (Å²) in [5.41, 5.74) is -3.19. The van der Waals surface area contributed by atoms with E-state index >= 15 is 0 Å². The summed E-state index contributed by atoms with van der Waals surface area (Å²) in [6, 6.07) is 5.89. The minimum atomic E-state index is -5.25. The summed E-state index contributed by atoms with van der Waals surface area (Å²) in [5.74, 6) is 1.38. The lowest BCUT2D eigenvalue weighted by molar-refractivity contribution is -0.0496. The van der Waals surface area contributed by atoms with Gasteiger partial charge in [-0.2, -0.15) is 17.5 Å². The Bertz CT molecular complexity index is 820. The Morgan fingerprint density at radius 2 is 1.93 bits per heavy atom. The van der Waals surface area contributed by atoms with Crippen molar-refractivity contribution in [3.8, 4) is 5.75 Å². The first-order valence-electron chi connectivity index (χ1n) is 9.23. The quantitative estimate of drug-likeness (QED) is 0.528. The number of aryl methyl sites for hydroxylation is 1. The maximum atomic E-state index is 12.6. The van der Waals surface area contributed by atoms with Crippen LogP contribution < -0.4 is 15.4 Å². The number of rotatable bonds is 6. The van der Waals surface area contributed by atoms with Gasteiger partial charge in [0.2, 0.25) is 0 Å². The number of nitrogens with zero attached hydrogens (tertiary/aromatic N) is 2. The molecule has 0 spiro atoms. The minimum absolute atomic E-state index is 0.0575. The number of sulfonamides is 1. The van der Waals surface area contributed by atoms with Crippen LogP contribution in [0.1, 0.15) is 24.0 Å². The van der Waals surface area contributed by atoms with E-state index in [1.807, 2.05) is 25.1 Å². The molecule has 11 heteroatoms. The van der Waals surface area contributed by atoms with Crippen molar-refractivity contribution >= 4 is 16.0 Å². The molecule has 1 fully saturated rings. The van der Waals surface area contributed by atoms with Gasteiger partial charge in [-0.05, 0) is 37.3 Å². The van der Waals surface area contributed by atoms with Crippen LogP contribution in [0.25, 0.3) is 0 Å². The zero-order chi connectivity index (χ0) is 21.7. The van der Waals surface area contributed by atoms with E-state index < -0.39 is 15.5 Å². The number of guanidine groups is 1. The molecule has 7 nitrogen and oxygen atoms in total. The Kier molecular flexibility index (Phi) is 7.75. The van der Waals surface area contributed by atoms with Gasteiger partial charge >= 0.3 is 15.5 Å². The van der Waals surface area contributed by atoms with E-state index in [4.69, 9.17) is 4.74 Å². The molecule has 0 aliphatic carbocycles. The van der Waals surface area contributed by atoms with Crippen LogP contribution in [0, 0.1) is 12.8 Å². The highest BCUT2D eigenvalue weighted by Gasteiger charge is 2.50. The van der Waals surface area contributed by atoms with Crippen molar-refractivity contribution in [1.82, 2.24) is 14.9 Å². The zero-order valence-corrected chi connectivity index (χ0v) is 17.5. The number of benzene rings is 1. The van der Waals surface area contributed by atoms with Gasteiger partial charge in [0.15, 0.2) is 5.96 Å². The SMILES string of the molecule is CN=C(NCc1ccc(C)cc1OC)NCC1CCN(S(=O)(=O)C(F)(F)F)CC1. The first-order valence-corrected chi connectivity index (χ1v) is 10.7. The monoisotopic (exact) mass is 436 g/mol. The molecule has 0 aromatic heterocycles. The van der Waals surface area contributed by atoms with Crippen molar-refractivity contribution < 1.29 is 26.3 Å². The van der Waals surface area contributed by atoms with Crippen LogP contribution in [-0.2, 0) is 16.6 Å². The van der Waals surface area contributed by atoms with E-state index in [1.165, 1.54) is 0 Å². The molecule has 1 aliphatic heterocycles. The molecule has 1 aromatic rings. The zero-order valence-electron chi connectivity index (χ0n) is 16.7. The Balaban J connectivity index is 1.82. The molecule has 0 radical (unpaired) electrons. The topological polar surface area (TPSA) is 83.0 Å². The number of alkyl halides is 3. The van der Waals surface area contributed by atoms with Crippen LogP contribution in [-0.4, -0.2) is 58.0 Å². The third-order valence-electron chi connectivity index (χ3n) is 4.88. The van der Waals surface area contributed by atoms with Gasteiger partial charge in [-0.25, -0.2) is 8.42 Å². The van der Waals surface area contributed by atoms with Crippen LogP contribution in [0.3, 0.4) is 0 Å². The van der Waals surface area contributed by atoms with Crippen molar-refractivity contribution in [2.75, 3.05) is 33.8 Å². The summed E-state index contributed by atoms with van der Waals surface area (Å²) >= 11 is 0. The Hall–Kier alpha value is -2.01.